The van der Waals surface area contributed by atoms with E-state index in [1.165, 1.54) is 11.8 Å². The van der Waals surface area contributed by atoms with Crippen LogP contribution in [0.5, 0.6) is 0 Å². The topological polar surface area (TPSA) is 46.2 Å². The second-order valence-electron chi connectivity index (χ2n) is 2.38. The van der Waals surface area contributed by atoms with Crippen molar-refractivity contribution in [1.82, 2.24) is 5.32 Å². The molecule has 0 rings (SSSR count). The third kappa shape index (κ3) is 5.18. The van der Waals surface area contributed by atoms with Crippen molar-refractivity contribution in [2.24, 2.45) is 0 Å². The minimum absolute atomic E-state index is 0.0308. The Hall–Kier alpha value is -0.510. The molecule has 0 aromatic rings. The Morgan fingerprint density at radius 2 is 2.33 bits per heavy atom. The van der Waals surface area contributed by atoms with Gasteiger partial charge in [0.2, 0.25) is 5.91 Å². The summed E-state index contributed by atoms with van der Waals surface area (Å²) >= 11 is 1.54. The van der Waals surface area contributed by atoms with Crippen LogP contribution >= 0.6 is 11.8 Å². The van der Waals surface area contributed by atoms with E-state index in [1.54, 1.807) is 7.05 Å². The van der Waals surface area contributed by atoms with Gasteiger partial charge in [0.15, 0.2) is 0 Å². The first-order valence-corrected chi connectivity index (χ1v) is 5.07. The number of hydrogen-bond donors (Lipinski definition) is 1. The first kappa shape index (κ1) is 11.5. The highest BCUT2D eigenvalue weighted by Crippen LogP contribution is 2.12. The zero-order valence-corrected chi connectivity index (χ0v) is 8.32. The minimum atomic E-state index is 0.0308. The molecule has 0 aliphatic carbocycles. The van der Waals surface area contributed by atoms with Crippen LogP contribution in [0, 0.1) is 0 Å². The van der Waals surface area contributed by atoms with E-state index in [9.17, 15) is 9.59 Å². The molecule has 0 saturated carbocycles. The lowest BCUT2D eigenvalue weighted by atomic mass is 10.4. The molecule has 70 valence electrons. The smallest absolute Gasteiger partial charge is 0.220 e. The van der Waals surface area contributed by atoms with Crippen LogP contribution in [0.2, 0.25) is 0 Å². The van der Waals surface area contributed by atoms with Crippen molar-refractivity contribution in [3.05, 3.63) is 0 Å². The molecule has 12 heavy (non-hydrogen) atoms. The SMILES string of the molecule is CCC(C=O)SCCC(=O)NC. The summed E-state index contributed by atoms with van der Waals surface area (Å²) in [6.45, 7) is 1.96. The van der Waals surface area contributed by atoms with Crippen molar-refractivity contribution in [3.8, 4) is 0 Å². The van der Waals surface area contributed by atoms with Crippen molar-refractivity contribution >= 4 is 24.0 Å². The summed E-state index contributed by atoms with van der Waals surface area (Å²) in [5.41, 5.74) is 0. The van der Waals surface area contributed by atoms with E-state index < -0.39 is 0 Å². The van der Waals surface area contributed by atoms with Gasteiger partial charge in [-0.3, -0.25) is 4.79 Å². The first-order chi connectivity index (χ1) is 5.74. The lowest BCUT2D eigenvalue weighted by Crippen LogP contribution is -2.18. The molecule has 1 atom stereocenters. The van der Waals surface area contributed by atoms with Gasteiger partial charge in [0, 0.05) is 19.2 Å². The van der Waals surface area contributed by atoms with Crippen molar-refractivity contribution < 1.29 is 9.59 Å². The average Bonchev–Trinajstić information content (AvgIpc) is 2.12. The molecule has 0 aliphatic heterocycles. The molecule has 4 heteroatoms. The first-order valence-electron chi connectivity index (χ1n) is 4.02. The zero-order valence-electron chi connectivity index (χ0n) is 7.50. The third-order valence-corrected chi connectivity index (χ3v) is 2.81. The summed E-state index contributed by atoms with van der Waals surface area (Å²) in [6.07, 6.45) is 2.27. The normalized spacial score (nSPS) is 12.2. The van der Waals surface area contributed by atoms with Crippen LogP contribution in [0.1, 0.15) is 19.8 Å². The highest BCUT2D eigenvalue weighted by molar-refractivity contribution is 8.00. The van der Waals surface area contributed by atoms with E-state index in [0.717, 1.165) is 18.5 Å². The third-order valence-electron chi connectivity index (χ3n) is 1.49. The maximum absolute atomic E-state index is 10.8. The van der Waals surface area contributed by atoms with Crippen LogP contribution in [-0.4, -0.2) is 30.2 Å². The van der Waals surface area contributed by atoms with Crippen LogP contribution in [-0.2, 0) is 9.59 Å². The Morgan fingerprint density at radius 1 is 1.67 bits per heavy atom. The molecule has 1 unspecified atom stereocenters. The van der Waals surface area contributed by atoms with Crippen LogP contribution in [0.3, 0.4) is 0 Å². The van der Waals surface area contributed by atoms with Crippen molar-refractivity contribution in [2.45, 2.75) is 25.0 Å². The van der Waals surface area contributed by atoms with Crippen molar-refractivity contribution in [3.63, 3.8) is 0 Å². The fraction of sp³-hybridized carbons (Fsp3) is 0.750. The molecule has 3 nitrogen and oxygen atoms in total. The molecule has 1 amide bonds. The summed E-state index contributed by atoms with van der Waals surface area (Å²) in [5, 5.41) is 2.58. The van der Waals surface area contributed by atoms with Gasteiger partial charge in [0.1, 0.15) is 6.29 Å². The molecular weight excluding hydrogens is 174 g/mol. The lowest BCUT2D eigenvalue weighted by Gasteiger charge is -2.05. The summed E-state index contributed by atoms with van der Waals surface area (Å²) in [4.78, 5) is 21.1. The quantitative estimate of drug-likeness (QED) is 0.630. The molecule has 0 aromatic heterocycles. The van der Waals surface area contributed by atoms with Gasteiger partial charge >= 0.3 is 0 Å². The summed E-state index contributed by atoms with van der Waals surface area (Å²) in [5.74, 6) is 0.750. The Balaban J connectivity index is 3.40. The number of nitrogens with one attached hydrogen (secondary N) is 1. The number of rotatable bonds is 6. The number of thioether (sulfide) groups is 1. The molecular formula is C8H15NO2S. The number of amides is 1. The van der Waals surface area contributed by atoms with Crippen molar-refractivity contribution in [2.75, 3.05) is 12.8 Å². The lowest BCUT2D eigenvalue weighted by molar-refractivity contribution is -0.120. The van der Waals surface area contributed by atoms with Gasteiger partial charge < -0.3 is 10.1 Å². The van der Waals surface area contributed by atoms with Crippen LogP contribution < -0.4 is 5.32 Å². The standard InChI is InChI=1S/C8H15NO2S/c1-3-7(6-10)12-5-4-8(11)9-2/h6-7H,3-5H2,1-2H3,(H,9,11). The van der Waals surface area contributed by atoms with E-state index in [1.807, 2.05) is 6.92 Å². The molecule has 0 heterocycles. The van der Waals surface area contributed by atoms with Crippen LogP contribution in [0.15, 0.2) is 0 Å². The van der Waals surface area contributed by atoms with Gasteiger partial charge in [-0.1, -0.05) is 6.92 Å². The minimum Gasteiger partial charge on any atom is -0.359 e. The van der Waals surface area contributed by atoms with Gasteiger partial charge in [-0.2, -0.15) is 11.8 Å². The van der Waals surface area contributed by atoms with Crippen LogP contribution in [0.4, 0.5) is 0 Å². The fourth-order valence-electron chi connectivity index (χ4n) is 0.681. The van der Waals surface area contributed by atoms with E-state index in [-0.39, 0.29) is 11.2 Å². The Kier molecular flexibility index (Phi) is 6.85. The van der Waals surface area contributed by atoms with Gasteiger partial charge in [-0.05, 0) is 6.42 Å². The Morgan fingerprint density at radius 3 is 2.75 bits per heavy atom. The summed E-state index contributed by atoms with van der Waals surface area (Å²) in [7, 11) is 1.62. The van der Waals surface area contributed by atoms with E-state index >= 15 is 0 Å². The van der Waals surface area contributed by atoms with Gasteiger partial charge in [0.25, 0.3) is 0 Å². The molecule has 0 saturated heterocycles. The predicted octanol–water partition coefficient (Wildman–Crippen LogP) is 0.833. The second kappa shape index (κ2) is 7.16. The largest absolute Gasteiger partial charge is 0.359 e. The van der Waals surface area contributed by atoms with E-state index in [0.29, 0.717) is 6.42 Å². The number of carbonyl (C=O) groups excluding carboxylic acids is 2. The fourth-order valence-corrected chi connectivity index (χ4v) is 1.60. The molecule has 0 aromatic carbocycles. The summed E-state index contributed by atoms with van der Waals surface area (Å²) in [6, 6.07) is 0. The molecule has 0 aliphatic rings. The van der Waals surface area contributed by atoms with Gasteiger partial charge in [0.05, 0.1) is 5.25 Å². The van der Waals surface area contributed by atoms with E-state index in [4.69, 9.17) is 0 Å². The molecule has 0 bridgehead atoms. The second-order valence-corrected chi connectivity index (χ2v) is 3.72. The summed E-state index contributed by atoms with van der Waals surface area (Å²) < 4.78 is 0. The van der Waals surface area contributed by atoms with E-state index in [2.05, 4.69) is 5.32 Å². The number of carbonyl (C=O) groups is 2. The number of aldehydes is 1. The highest BCUT2D eigenvalue weighted by Gasteiger charge is 2.05. The average molecular weight is 189 g/mol. The zero-order chi connectivity index (χ0) is 9.40. The van der Waals surface area contributed by atoms with Crippen molar-refractivity contribution in [1.29, 1.82) is 0 Å². The highest BCUT2D eigenvalue weighted by atomic mass is 32.2. The van der Waals surface area contributed by atoms with Gasteiger partial charge in [-0.25, -0.2) is 0 Å². The number of hydrogen-bond acceptors (Lipinski definition) is 3. The molecule has 0 radical (unpaired) electrons. The maximum atomic E-state index is 10.8. The molecule has 0 fully saturated rings. The Labute approximate surface area is 77.3 Å². The molecule has 1 N–H and O–H groups in total. The Bertz CT molecular complexity index is 150. The van der Waals surface area contributed by atoms with Gasteiger partial charge in [-0.15, -0.1) is 0 Å². The predicted molar refractivity (Wildman–Crippen MR) is 51.3 cm³/mol. The monoisotopic (exact) mass is 189 g/mol. The molecule has 0 spiro atoms. The maximum Gasteiger partial charge on any atom is 0.220 e. The van der Waals surface area contributed by atoms with Crippen LogP contribution in [0.25, 0.3) is 0 Å².